The molecule has 0 bridgehead atoms. The van der Waals surface area contributed by atoms with E-state index >= 15 is 0 Å². The molecule has 1 fully saturated rings. The van der Waals surface area contributed by atoms with Crippen molar-refractivity contribution >= 4 is 39.4 Å². The average molecular weight is 386 g/mol. The molecule has 1 heterocycles. The van der Waals surface area contributed by atoms with Gasteiger partial charge in [0.1, 0.15) is 0 Å². The van der Waals surface area contributed by atoms with Gasteiger partial charge >= 0.3 is 5.97 Å². The molecule has 25 heavy (non-hydrogen) atoms. The highest BCUT2D eigenvalue weighted by atomic mass is 35.5. The Kier molecular flexibility index (Phi) is 6.61. The molecule has 2 rings (SSSR count). The Hall–Kier alpha value is -1.86. The fourth-order valence-electron chi connectivity index (χ4n) is 2.69. The molecule has 1 atom stereocenters. The third kappa shape index (κ3) is 5.57. The Morgan fingerprint density at radius 1 is 1.36 bits per heavy atom. The molecule has 0 unspecified atom stereocenters. The maximum Gasteiger partial charge on any atom is 0.331 e. The highest BCUT2D eigenvalue weighted by Crippen LogP contribution is 2.18. The normalized spacial score (nSPS) is 19.0. The monoisotopic (exact) mass is 385 g/mol. The van der Waals surface area contributed by atoms with E-state index in [1.807, 2.05) is 0 Å². The van der Waals surface area contributed by atoms with E-state index in [1.165, 1.54) is 17.1 Å². The van der Waals surface area contributed by atoms with E-state index in [0.29, 0.717) is 23.6 Å². The van der Waals surface area contributed by atoms with Crippen molar-refractivity contribution in [3.8, 4) is 0 Å². The van der Waals surface area contributed by atoms with Crippen LogP contribution in [0.5, 0.6) is 0 Å². The van der Waals surface area contributed by atoms with Gasteiger partial charge in [-0.25, -0.2) is 13.2 Å². The first-order chi connectivity index (χ1) is 11.8. The second-order valence-corrected chi connectivity index (χ2v) is 8.34. The standard InChI is InChI=1S/C17H20ClNO5S/c1-2-19(14-9-10-25(22,23)12-14)16(20)11-24-17(21)8-7-13-5-3-4-6-15(13)18/h3-8,14H,2,9-12H2,1H3/b8-7+/t14-/m0/s1. The highest BCUT2D eigenvalue weighted by molar-refractivity contribution is 7.91. The number of amides is 1. The number of esters is 1. The SMILES string of the molecule is CCN(C(=O)COC(=O)/C=C/c1ccccc1Cl)[C@H]1CCS(=O)(=O)C1. The molecule has 1 saturated heterocycles. The van der Waals surface area contributed by atoms with Crippen LogP contribution < -0.4 is 0 Å². The van der Waals surface area contributed by atoms with Gasteiger partial charge in [-0.2, -0.15) is 0 Å². The van der Waals surface area contributed by atoms with E-state index in [2.05, 4.69) is 0 Å². The number of likely N-dealkylation sites (N-methyl/N-ethyl adjacent to an activating group) is 1. The Morgan fingerprint density at radius 3 is 2.68 bits per heavy atom. The zero-order chi connectivity index (χ0) is 18.4. The molecule has 8 heteroatoms. The summed E-state index contributed by atoms with van der Waals surface area (Å²) in [5, 5.41) is 0.502. The largest absolute Gasteiger partial charge is 0.452 e. The molecule has 0 radical (unpaired) electrons. The number of sulfone groups is 1. The van der Waals surface area contributed by atoms with Crippen molar-refractivity contribution in [3.63, 3.8) is 0 Å². The lowest BCUT2D eigenvalue weighted by Crippen LogP contribution is -2.43. The third-order valence-electron chi connectivity index (χ3n) is 3.95. The minimum atomic E-state index is -3.08. The summed E-state index contributed by atoms with van der Waals surface area (Å²) in [4.78, 5) is 25.4. The second kappa shape index (κ2) is 8.49. The number of hydrogen-bond donors (Lipinski definition) is 0. The van der Waals surface area contributed by atoms with Crippen LogP contribution in [-0.2, 0) is 24.2 Å². The van der Waals surface area contributed by atoms with E-state index in [9.17, 15) is 18.0 Å². The predicted octanol–water partition coefficient (Wildman–Crippen LogP) is 1.93. The minimum absolute atomic E-state index is 0.0348. The van der Waals surface area contributed by atoms with Crippen molar-refractivity contribution < 1.29 is 22.7 Å². The van der Waals surface area contributed by atoms with E-state index in [1.54, 1.807) is 31.2 Å². The van der Waals surface area contributed by atoms with Crippen LogP contribution in [0.4, 0.5) is 0 Å². The zero-order valence-corrected chi connectivity index (χ0v) is 15.4. The summed E-state index contributed by atoms with van der Waals surface area (Å²) in [6.07, 6.45) is 3.13. The Bertz CT molecular complexity index is 775. The van der Waals surface area contributed by atoms with Crippen LogP contribution in [0, 0.1) is 0 Å². The molecule has 0 saturated carbocycles. The number of hydrogen-bond acceptors (Lipinski definition) is 5. The molecule has 0 spiro atoms. The van der Waals surface area contributed by atoms with Crippen molar-refractivity contribution in [1.82, 2.24) is 4.90 Å². The maximum absolute atomic E-state index is 12.2. The van der Waals surface area contributed by atoms with Gasteiger partial charge in [0.2, 0.25) is 0 Å². The van der Waals surface area contributed by atoms with E-state index in [0.717, 1.165) is 0 Å². The Morgan fingerprint density at radius 2 is 2.08 bits per heavy atom. The summed E-state index contributed by atoms with van der Waals surface area (Å²) in [5.41, 5.74) is 0.666. The van der Waals surface area contributed by atoms with Gasteiger partial charge in [-0.1, -0.05) is 29.8 Å². The van der Waals surface area contributed by atoms with Gasteiger partial charge in [0.05, 0.1) is 11.5 Å². The molecular weight excluding hydrogens is 366 g/mol. The number of ether oxygens (including phenoxy) is 1. The van der Waals surface area contributed by atoms with Crippen molar-refractivity contribution in [2.24, 2.45) is 0 Å². The van der Waals surface area contributed by atoms with Crippen LogP contribution in [0.15, 0.2) is 30.3 Å². The quantitative estimate of drug-likeness (QED) is 0.552. The van der Waals surface area contributed by atoms with Crippen molar-refractivity contribution in [3.05, 3.63) is 40.9 Å². The van der Waals surface area contributed by atoms with Crippen LogP contribution in [0.25, 0.3) is 6.08 Å². The molecule has 1 aliphatic rings. The first-order valence-corrected chi connectivity index (χ1v) is 10.1. The van der Waals surface area contributed by atoms with Crippen LogP contribution in [0.3, 0.4) is 0 Å². The Balaban J connectivity index is 1.88. The number of halogens is 1. The lowest BCUT2D eigenvalue weighted by atomic mass is 10.2. The van der Waals surface area contributed by atoms with Gasteiger partial charge < -0.3 is 9.64 Å². The molecular formula is C17H20ClNO5S. The zero-order valence-electron chi connectivity index (χ0n) is 13.9. The number of carbonyl (C=O) groups is 2. The van der Waals surface area contributed by atoms with Gasteiger partial charge in [0, 0.05) is 23.7 Å². The van der Waals surface area contributed by atoms with E-state index in [4.69, 9.17) is 16.3 Å². The van der Waals surface area contributed by atoms with Gasteiger partial charge in [0.25, 0.3) is 5.91 Å². The molecule has 0 aliphatic carbocycles. The number of nitrogens with zero attached hydrogens (tertiary/aromatic N) is 1. The number of rotatable bonds is 6. The minimum Gasteiger partial charge on any atom is -0.452 e. The van der Waals surface area contributed by atoms with Gasteiger partial charge in [0.15, 0.2) is 16.4 Å². The van der Waals surface area contributed by atoms with Crippen LogP contribution in [0.1, 0.15) is 18.9 Å². The molecule has 6 nitrogen and oxygen atoms in total. The number of benzene rings is 1. The number of carbonyl (C=O) groups excluding carboxylic acids is 2. The average Bonchev–Trinajstić information content (AvgIpc) is 2.92. The summed E-state index contributed by atoms with van der Waals surface area (Å²) in [6.45, 7) is 1.71. The summed E-state index contributed by atoms with van der Waals surface area (Å²) < 4.78 is 28.1. The lowest BCUT2D eigenvalue weighted by Gasteiger charge is -2.26. The summed E-state index contributed by atoms with van der Waals surface area (Å²) >= 11 is 5.98. The fourth-order valence-corrected chi connectivity index (χ4v) is 4.62. The summed E-state index contributed by atoms with van der Waals surface area (Å²) in [6, 6.07) is 6.66. The first kappa shape index (κ1) is 19.5. The summed E-state index contributed by atoms with van der Waals surface area (Å²) in [7, 11) is -3.08. The third-order valence-corrected chi connectivity index (χ3v) is 6.05. The van der Waals surface area contributed by atoms with E-state index in [-0.39, 0.29) is 17.5 Å². The van der Waals surface area contributed by atoms with Crippen molar-refractivity contribution in [2.75, 3.05) is 24.7 Å². The Labute approximate surface area is 152 Å². The van der Waals surface area contributed by atoms with Crippen molar-refractivity contribution in [2.45, 2.75) is 19.4 Å². The smallest absolute Gasteiger partial charge is 0.331 e. The second-order valence-electron chi connectivity index (χ2n) is 5.70. The lowest BCUT2D eigenvalue weighted by molar-refractivity contribution is -0.149. The molecule has 0 aromatic heterocycles. The molecule has 1 aromatic rings. The van der Waals surface area contributed by atoms with E-state index < -0.39 is 28.3 Å². The van der Waals surface area contributed by atoms with Gasteiger partial charge in [-0.3, -0.25) is 4.79 Å². The van der Waals surface area contributed by atoms with Gasteiger partial charge in [-0.05, 0) is 31.1 Å². The van der Waals surface area contributed by atoms with Crippen LogP contribution in [0.2, 0.25) is 5.02 Å². The predicted molar refractivity (Wildman–Crippen MR) is 95.9 cm³/mol. The maximum atomic E-state index is 12.2. The van der Waals surface area contributed by atoms with Crippen molar-refractivity contribution in [1.29, 1.82) is 0 Å². The van der Waals surface area contributed by atoms with Crippen LogP contribution >= 0.6 is 11.6 Å². The summed E-state index contributed by atoms with van der Waals surface area (Å²) in [5.74, 6) is -1.01. The molecule has 0 N–H and O–H groups in total. The highest BCUT2D eigenvalue weighted by Gasteiger charge is 2.34. The molecule has 1 aliphatic heterocycles. The molecule has 1 amide bonds. The molecule has 136 valence electrons. The molecule has 1 aromatic carbocycles. The first-order valence-electron chi connectivity index (χ1n) is 7.91. The van der Waals surface area contributed by atoms with Crippen LogP contribution in [-0.4, -0.2) is 55.9 Å². The van der Waals surface area contributed by atoms with Gasteiger partial charge in [-0.15, -0.1) is 0 Å². The fraction of sp³-hybridized carbons (Fsp3) is 0.412. The topological polar surface area (TPSA) is 80.8 Å².